The molecule has 1 N–H and O–H groups in total. The van der Waals surface area contributed by atoms with Crippen LogP contribution in [0.25, 0.3) is 0 Å². The molecule has 2 rings (SSSR count). The maximum Gasteiger partial charge on any atom is 0.341 e. The molecule has 1 amide bonds. The fraction of sp³-hybridized carbons (Fsp3) is 0.308. The molecule has 0 spiro atoms. The van der Waals surface area contributed by atoms with Crippen molar-refractivity contribution >= 4 is 39.6 Å². The second-order valence-corrected chi connectivity index (χ2v) is 5.71. The van der Waals surface area contributed by atoms with Crippen molar-refractivity contribution in [2.24, 2.45) is 0 Å². The van der Waals surface area contributed by atoms with E-state index in [1.807, 2.05) is 6.92 Å². The Morgan fingerprint density at radius 3 is 2.80 bits per heavy atom. The van der Waals surface area contributed by atoms with Crippen LogP contribution in [0.15, 0.2) is 17.0 Å². The Morgan fingerprint density at radius 1 is 1.40 bits per heavy atom. The van der Waals surface area contributed by atoms with Gasteiger partial charge in [0.15, 0.2) is 0 Å². The van der Waals surface area contributed by atoms with E-state index < -0.39 is 5.97 Å². The van der Waals surface area contributed by atoms with Gasteiger partial charge in [0.2, 0.25) is 0 Å². The molecule has 0 atom stereocenters. The zero-order valence-corrected chi connectivity index (χ0v) is 12.8. The van der Waals surface area contributed by atoms with Gasteiger partial charge in [0.05, 0.1) is 17.7 Å². The lowest BCUT2D eigenvalue weighted by Gasteiger charge is -2.04. The first kappa shape index (κ1) is 14.7. The van der Waals surface area contributed by atoms with E-state index in [0.29, 0.717) is 22.9 Å². The maximum absolute atomic E-state index is 12.0. The Labute approximate surface area is 124 Å². The van der Waals surface area contributed by atoms with E-state index in [0.717, 1.165) is 11.3 Å². The minimum absolute atomic E-state index is 0.301. The average Bonchev–Trinajstić information content (AvgIpc) is 3.08. The van der Waals surface area contributed by atoms with E-state index in [2.05, 4.69) is 10.3 Å². The number of hydrogen-bond acceptors (Lipinski definition) is 6. The highest BCUT2D eigenvalue weighted by molar-refractivity contribution is 7.16. The third-order valence-electron chi connectivity index (χ3n) is 2.52. The molecule has 7 heteroatoms. The highest BCUT2D eigenvalue weighted by atomic mass is 32.1. The van der Waals surface area contributed by atoms with Gasteiger partial charge in [-0.1, -0.05) is 6.92 Å². The van der Waals surface area contributed by atoms with Crippen LogP contribution in [0.3, 0.4) is 0 Å². The van der Waals surface area contributed by atoms with Gasteiger partial charge < -0.3 is 10.1 Å². The van der Waals surface area contributed by atoms with Crippen molar-refractivity contribution in [3.63, 3.8) is 0 Å². The number of nitrogens with zero attached hydrogens (tertiary/aromatic N) is 1. The number of carbonyl (C=O) groups is 2. The number of hydrogen-bond donors (Lipinski definition) is 1. The molecule has 0 aliphatic heterocycles. The Hall–Kier alpha value is -1.73. The SMILES string of the molecule is CCOC(=O)c1cc(CC)sc1NC(=O)c1cscn1. The van der Waals surface area contributed by atoms with Gasteiger partial charge in [-0.05, 0) is 19.4 Å². The van der Waals surface area contributed by atoms with E-state index in [1.54, 1.807) is 23.9 Å². The highest BCUT2D eigenvalue weighted by Gasteiger charge is 2.19. The summed E-state index contributed by atoms with van der Waals surface area (Å²) in [6.07, 6.45) is 0.795. The number of nitrogens with one attached hydrogen (secondary N) is 1. The predicted molar refractivity (Wildman–Crippen MR) is 79.7 cm³/mol. The molecule has 2 aromatic heterocycles. The van der Waals surface area contributed by atoms with Crippen molar-refractivity contribution in [3.8, 4) is 0 Å². The first-order valence-electron chi connectivity index (χ1n) is 6.15. The number of thiazole rings is 1. The fourth-order valence-electron chi connectivity index (χ4n) is 1.56. The first-order valence-corrected chi connectivity index (χ1v) is 7.91. The molecule has 5 nitrogen and oxygen atoms in total. The van der Waals surface area contributed by atoms with Crippen molar-refractivity contribution in [1.29, 1.82) is 0 Å². The van der Waals surface area contributed by atoms with Crippen LogP contribution >= 0.6 is 22.7 Å². The molecule has 0 saturated carbocycles. The maximum atomic E-state index is 12.0. The molecule has 0 bridgehead atoms. The van der Waals surface area contributed by atoms with Crippen LogP contribution in [0, 0.1) is 0 Å². The lowest BCUT2D eigenvalue weighted by atomic mass is 10.2. The van der Waals surface area contributed by atoms with E-state index in [4.69, 9.17) is 4.74 Å². The lowest BCUT2D eigenvalue weighted by molar-refractivity contribution is 0.0528. The summed E-state index contributed by atoms with van der Waals surface area (Å²) in [6.45, 7) is 4.04. The smallest absolute Gasteiger partial charge is 0.341 e. The highest BCUT2D eigenvalue weighted by Crippen LogP contribution is 2.29. The number of anilines is 1. The summed E-state index contributed by atoms with van der Waals surface area (Å²) in [5.74, 6) is -0.738. The van der Waals surface area contributed by atoms with Gasteiger partial charge in [0, 0.05) is 10.3 Å². The monoisotopic (exact) mass is 310 g/mol. The Bertz CT molecular complexity index is 605. The van der Waals surface area contributed by atoms with Gasteiger partial charge in [-0.2, -0.15) is 0 Å². The molecule has 0 unspecified atom stereocenters. The number of esters is 1. The molecule has 0 fully saturated rings. The van der Waals surface area contributed by atoms with Gasteiger partial charge in [-0.3, -0.25) is 4.79 Å². The summed E-state index contributed by atoms with van der Waals surface area (Å²) >= 11 is 2.73. The van der Waals surface area contributed by atoms with Crippen molar-refractivity contribution in [2.75, 3.05) is 11.9 Å². The number of amides is 1. The van der Waals surface area contributed by atoms with Crippen LogP contribution in [-0.4, -0.2) is 23.5 Å². The first-order chi connectivity index (χ1) is 9.65. The normalized spacial score (nSPS) is 10.3. The molecule has 0 aromatic carbocycles. The molecular weight excluding hydrogens is 296 g/mol. The Kier molecular flexibility index (Phi) is 4.86. The summed E-state index contributed by atoms with van der Waals surface area (Å²) in [4.78, 5) is 28.8. The van der Waals surface area contributed by atoms with E-state index in [1.165, 1.54) is 22.7 Å². The zero-order chi connectivity index (χ0) is 14.5. The third-order valence-corrected chi connectivity index (χ3v) is 4.30. The van der Waals surface area contributed by atoms with Gasteiger partial charge >= 0.3 is 5.97 Å². The minimum Gasteiger partial charge on any atom is -0.462 e. The topological polar surface area (TPSA) is 68.3 Å². The van der Waals surface area contributed by atoms with Gasteiger partial charge in [-0.15, -0.1) is 22.7 Å². The Morgan fingerprint density at radius 2 is 2.20 bits per heavy atom. The minimum atomic E-state index is -0.419. The molecular formula is C13H14N2O3S2. The van der Waals surface area contributed by atoms with E-state index in [9.17, 15) is 9.59 Å². The molecule has 0 aliphatic rings. The fourth-order valence-corrected chi connectivity index (χ4v) is 3.07. The van der Waals surface area contributed by atoms with E-state index >= 15 is 0 Å². The van der Waals surface area contributed by atoms with Gasteiger partial charge in [0.1, 0.15) is 10.7 Å². The van der Waals surface area contributed by atoms with Crippen molar-refractivity contribution in [2.45, 2.75) is 20.3 Å². The molecule has 2 aromatic rings. The van der Waals surface area contributed by atoms with Crippen LogP contribution in [0.1, 0.15) is 39.6 Å². The van der Waals surface area contributed by atoms with Crippen LogP contribution in [0.5, 0.6) is 0 Å². The predicted octanol–water partition coefficient (Wildman–Crippen LogP) is 3.20. The van der Waals surface area contributed by atoms with Crippen molar-refractivity contribution < 1.29 is 14.3 Å². The summed E-state index contributed by atoms with van der Waals surface area (Å²) in [5.41, 5.74) is 2.33. The summed E-state index contributed by atoms with van der Waals surface area (Å²) in [5, 5.41) is 4.90. The van der Waals surface area contributed by atoms with Crippen molar-refractivity contribution in [1.82, 2.24) is 4.98 Å². The molecule has 20 heavy (non-hydrogen) atoms. The van der Waals surface area contributed by atoms with Crippen LogP contribution in [0.4, 0.5) is 5.00 Å². The van der Waals surface area contributed by atoms with E-state index in [-0.39, 0.29) is 5.91 Å². The molecule has 2 heterocycles. The lowest BCUT2D eigenvalue weighted by Crippen LogP contribution is -2.14. The quantitative estimate of drug-likeness (QED) is 0.861. The zero-order valence-electron chi connectivity index (χ0n) is 11.1. The van der Waals surface area contributed by atoms with Gasteiger partial charge in [0.25, 0.3) is 5.91 Å². The van der Waals surface area contributed by atoms with Crippen LogP contribution in [-0.2, 0) is 11.2 Å². The molecule has 106 valence electrons. The summed E-state index contributed by atoms with van der Waals surface area (Å²) in [6, 6.07) is 1.76. The number of carbonyl (C=O) groups excluding carboxylic acids is 2. The van der Waals surface area contributed by atoms with Crippen LogP contribution in [0.2, 0.25) is 0 Å². The Balaban J connectivity index is 2.23. The van der Waals surface area contributed by atoms with Gasteiger partial charge in [-0.25, -0.2) is 9.78 Å². The number of aryl methyl sites for hydroxylation is 1. The number of rotatable bonds is 5. The standard InChI is InChI=1S/C13H14N2O3S2/c1-3-8-5-9(13(17)18-4-2)12(20-8)15-11(16)10-6-19-7-14-10/h5-7H,3-4H2,1-2H3,(H,15,16). The average molecular weight is 310 g/mol. The molecule has 0 saturated heterocycles. The molecule has 0 aliphatic carbocycles. The second kappa shape index (κ2) is 6.62. The number of thiophene rings is 1. The molecule has 0 radical (unpaired) electrons. The van der Waals surface area contributed by atoms with Crippen LogP contribution < -0.4 is 5.32 Å². The third kappa shape index (κ3) is 3.23. The van der Waals surface area contributed by atoms with Crippen molar-refractivity contribution in [3.05, 3.63) is 33.1 Å². The number of ether oxygens (including phenoxy) is 1. The summed E-state index contributed by atoms with van der Waals surface area (Å²) < 4.78 is 5.00. The summed E-state index contributed by atoms with van der Waals surface area (Å²) in [7, 11) is 0. The second-order valence-electron chi connectivity index (χ2n) is 3.86. The largest absolute Gasteiger partial charge is 0.462 e. The number of aromatic nitrogens is 1.